The van der Waals surface area contributed by atoms with Gasteiger partial charge in [-0.25, -0.2) is 0 Å². The molecule has 2 aliphatic heterocycles. The molecule has 2 saturated heterocycles. The van der Waals surface area contributed by atoms with Gasteiger partial charge in [0.15, 0.2) is 0 Å². The molecular weight excluding hydrogens is 187 g/mol. The molecule has 0 radical (unpaired) electrons. The number of rotatable bonds is 2. The molecule has 2 bridgehead atoms. The van der Waals surface area contributed by atoms with Crippen LogP contribution < -0.4 is 0 Å². The minimum atomic E-state index is -0.0434. The monoisotopic (exact) mass is 210 g/mol. The summed E-state index contributed by atoms with van der Waals surface area (Å²) < 4.78 is 12.3. The Morgan fingerprint density at radius 3 is 2.20 bits per heavy atom. The lowest BCUT2D eigenvalue weighted by Gasteiger charge is -2.42. The lowest BCUT2D eigenvalue weighted by Crippen LogP contribution is -2.51. The molecule has 0 aromatic heterocycles. The highest BCUT2D eigenvalue weighted by molar-refractivity contribution is 6.11. The maximum atomic E-state index is 6.27. The highest BCUT2D eigenvalue weighted by atomic mass is 16.6. The van der Waals surface area contributed by atoms with Crippen molar-refractivity contribution in [3.05, 3.63) is 0 Å². The van der Waals surface area contributed by atoms with Gasteiger partial charge in [0, 0.05) is 5.92 Å². The second-order valence-electron chi connectivity index (χ2n) is 5.74. The van der Waals surface area contributed by atoms with Crippen molar-refractivity contribution in [1.29, 1.82) is 0 Å². The van der Waals surface area contributed by atoms with Gasteiger partial charge in [-0.05, 0) is 18.8 Å². The largest absolute Gasteiger partial charge is 0.375 e. The van der Waals surface area contributed by atoms with E-state index in [1.807, 2.05) is 0 Å². The van der Waals surface area contributed by atoms with E-state index in [-0.39, 0.29) is 17.7 Å². The third-order valence-electron chi connectivity index (χ3n) is 4.77. The van der Waals surface area contributed by atoms with Gasteiger partial charge in [0.2, 0.25) is 0 Å². The first-order valence-electron chi connectivity index (χ1n) is 6.24. The maximum Gasteiger partial charge on any atom is 0.142 e. The van der Waals surface area contributed by atoms with Crippen LogP contribution in [0.1, 0.15) is 34.6 Å². The van der Waals surface area contributed by atoms with E-state index >= 15 is 0 Å². The van der Waals surface area contributed by atoms with Gasteiger partial charge in [-0.15, -0.1) is 0 Å². The fourth-order valence-corrected chi connectivity index (χ4v) is 3.61. The Morgan fingerprint density at radius 2 is 1.80 bits per heavy atom. The Labute approximate surface area is 94.1 Å². The Balaban J connectivity index is 2.32. The standard InChI is InChI=1S/C12H23BO2/c1-6(2)7(3)12-8(4)10(11(13)15-12)14-9(12)5/h6-11H,13H2,1-5H3/t7-,8-,9-,10+,11-,12+/m1/s1. The van der Waals surface area contributed by atoms with Crippen molar-refractivity contribution in [2.24, 2.45) is 17.8 Å². The molecule has 3 heteroatoms. The Morgan fingerprint density at radius 1 is 1.20 bits per heavy atom. The zero-order valence-electron chi connectivity index (χ0n) is 10.8. The minimum Gasteiger partial charge on any atom is -0.375 e. The highest BCUT2D eigenvalue weighted by Crippen LogP contribution is 2.53. The van der Waals surface area contributed by atoms with Crippen molar-refractivity contribution in [1.82, 2.24) is 0 Å². The summed E-state index contributed by atoms with van der Waals surface area (Å²) in [4.78, 5) is 0. The molecule has 2 nitrogen and oxygen atoms in total. The molecule has 2 rings (SSSR count). The Hall–Kier alpha value is -0.0151. The molecule has 15 heavy (non-hydrogen) atoms. The van der Waals surface area contributed by atoms with E-state index in [1.165, 1.54) is 0 Å². The minimum absolute atomic E-state index is 0.0434. The number of fused-ring (bicyclic) bond motifs is 2. The van der Waals surface area contributed by atoms with Gasteiger partial charge in [0.1, 0.15) is 13.4 Å². The van der Waals surface area contributed by atoms with Crippen LogP contribution in [0.25, 0.3) is 0 Å². The maximum absolute atomic E-state index is 6.27. The average molecular weight is 210 g/mol. The van der Waals surface area contributed by atoms with E-state index in [4.69, 9.17) is 9.47 Å². The first kappa shape index (κ1) is 11.5. The van der Waals surface area contributed by atoms with E-state index in [1.54, 1.807) is 0 Å². The Kier molecular flexibility index (Phi) is 2.67. The summed E-state index contributed by atoms with van der Waals surface area (Å²) in [5.74, 6) is 1.72. The van der Waals surface area contributed by atoms with Crippen LogP contribution in [0.5, 0.6) is 0 Å². The summed E-state index contributed by atoms with van der Waals surface area (Å²) in [6.07, 6.45) is 0.548. The first-order chi connectivity index (χ1) is 6.91. The molecule has 2 aliphatic rings. The fraction of sp³-hybridized carbons (Fsp3) is 1.00. The molecule has 0 saturated carbocycles. The van der Waals surface area contributed by atoms with Crippen molar-refractivity contribution < 1.29 is 9.47 Å². The van der Waals surface area contributed by atoms with E-state index in [2.05, 4.69) is 42.5 Å². The second-order valence-corrected chi connectivity index (χ2v) is 5.74. The summed E-state index contributed by atoms with van der Waals surface area (Å²) in [6.45, 7) is 11.3. The van der Waals surface area contributed by atoms with Crippen molar-refractivity contribution in [2.75, 3.05) is 0 Å². The van der Waals surface area contributed by atoms with Crippen LogP contribution in [0.3, 0.4) is 0 Å². The van der Waals surface area contributed by atoms with E-state index in [0.717, 1.165) is 0 Å². The Bertz CT molecular complexity index is 256. The fourth-order valence-electron chi connectivity index (χ4n) is 3.61. The number of hydrogen-bond acceptors (Lipinski definition) is 2. The summed E-state index contributed by atoms with van der Waals surface area (Å²) in [7, 11) is 2.14. The van der Waals surface area contributed by atoms with Crippen LogP contribution in [0.4, 0.5) is 0 Å². The lowest BCUT2D eigenvalue weighted by atomic mass is 9.72. The predicted molar refractivity (Wildman–Crippen MR) is 63.6 cm³/mol. The van der Waals surface area contributed by atoms with E-state index in [9.17, 15) is 0 Å². The summed E-state index contributed by atoms with van der Waals surface area (Å²) in [6, 6.07) is 0.261. The van der Waals surface area contributed by atoms with E-state index < -0.39 is 0 Å². The van der Waals surface area contributed by atoms with Crippen LogP contribution >= 0.6 is 0 Å². The lowest BCUT2D eigenvalue weighted by molar-refractivity contribution is -0.181. The van der Waals surface area contributed by atoms with Gasteiger partial charge in [-0.1, -0.05) is 27.7 Å². The normalized spacial score (nSPS) is 51.3. The SMILES string of the molecule is B[C@@H]1O[C@@]2([C@H](C)C(C)C)[C@H](C)[C@@H]1O[C@@H]2C. The number of hydrogen-bond donors (Lipinski definition) is 0. The summed E-state index contributed by atoms with van der Waals surface area (Å²) >= 11 is 0. The van der Waals surface area contributed by atoms with Crippen LogP contribution in [-0.4, -0.2) is 31.7 Å². The average Bonchev–Trinajstić information content (AvgIpc) is 2.54. The van der Waals surface area contributed by atoms with Gasteiger partial charge in [-0.3, -0.25) is 0 Å². The van der Waals surface area contributed by atoms with Gasteiger partial charge in [0.05, 0.1) is 18.2 Å². The molecule has 0 aromatic carbocycles. The molecular formula is C12H23BO2. The smallest absolute Gasteiger partial charge is 0.142 e. The van der Waals surface area contributed by atoms with Gasteiger partial charge in [-0.2, -0.15) is 0 Å². The summed E-state index contributed by atoms with van der Waals surface area (Å²) in [5, 5.41) is 0. The molecule has 0 spiro atoms. The highest BCUT2D eigenvalue weighted by Gasteiger charge is 2.63. The van der Waals surface area contributed by atoms with Crippen LogP contribution in [0.15, 0.2) is 0 Å². The van der Waals surface area contributed by atoms with E-state index in [0.29, 0.717) is 23.9 Å². The quantitative estimate of drug-likeness (QED) is 0.642. The van der Waals surface area contributed by atoms with Crippen molar-refractivity contribution >= 4 is 7.85 Å². The molecule has 0 aromatic rings. The van der Waals surface area contributed by atoms with Crippen molar-refractivity contribution in [3.63, 3.8) is 0 Å². The zero-order chi connectivity index (χ0) is 11.4. The third-order valence-corrected chi connectivity index (χ3v) is 4.77. The predicted octanol–water partition coefficient (Wildman–Crippen LogP) is 1.43. The van der Waals surface area contributed by atoms with Gasteiger partial charge >= 0.3 is 0 Å². The molecule has 2 fully saturated rings. The van der Waals surface area contributed by atoms with Crippen LogP contribution in [0, 0.1) is 17.8 Å². The van der Waals surface area contributed by atoms with Crippen LogP contribution in [0.2, 0.25) is 0 Å². The first-order valence-corrected chi connectivity index (χ1v) is 6.24. The second kappa shape index (κ2) is 3.49. The number of ether oxygens (including phenoxy) is 2. The van der Waals surface area contributed by atoms with Gasteiger partial charge < -0.3 is 9.47 Å². The molecule has 2 heterocycles. The zero-order valence-corrected chi connectivity index (χ0v) is 10.8. The van der Waals surface area contributed by atoms with Crippen molar-refractivity contribution in [3.8, 4) is 0 Å². The molecule has 86 valence electrons. The van der Waals surface area contributed by atoms with Crippen LogP contribution in [-0.2, 0) is 9.47 Å². The molecule has 0 unspecified atom stereocenters. The topological polar surface area (TPSA) is 18.5 Å². The van der Waals surface area contributed by atoms with Crippen molar-refractivity contribution in [2.45, 2.75) is 58.4 Å². The summed E-state index contributed by atoms with van der Waals surface area (Å²) in [5.41, 5.74) is -0.0434. The molecule has 0 aliphatic carbocycles. The molecule has 0 amide bonds. The molecule has 6 atom stereocenters. The molecule has 0 N–H and O–H groups in total. The van der Waals surface area contributed by atoms with Gasteiger partial charge in [0.25, 0.3) is 0 Å². The third kappa shape index (κ3) is 1.32.